The van der Waals surface area contributed by atoms with E-state index in [4.69, 9.17) is 9.47 Å². The molecule has 0 bridgehead atoms. The first-order chi connectivity index (χ1) is 5.95. The number of ether oxygens (including phenoxy) is 2. The van der Waals surface area contributed by atoms with Crippen LogP contribution in [0.15, 0.2) is 18.3 Å². The van der Waals surface area contributed by atoms with Crippen molar-refractivity contribution in [3.63, 3.8) is 0 Å². The van der Waals surface area contributed by atoms with Gasteiger partial charge in [0.15, 0.2) is 0 Å². The van der Waals surface area contributed by atoms with E-state index in [0.29, 0.717) is 12.2 Å². The van der Waals surface area contributed by atoms with Gasteiger partial charge in [0, 0.05) is 11.8 Å². The van der Waals surface area contributed by atoms with Crippen LogP contribution < -0.4 is 0 Å². The molecule has 0 amide bonds. The molecule has 2 saturated heterocycles. The molecule has 60 valence electrons. The van der Waals surface area contributed by atoms with E-state index in [1.807, 2.05) is 12.3 Å². The highest BCUT2D eigenvalue weighted by Crippen LogP contribution is 2.59. The van der Waals surface area contributed by atoms with E-state index < -0.39 is 0 Å². The molecule has 3 nitrogen and oxygen atoms in total. The Balaban J connectivity index is 1.99. The Morgan fingerprint density at radius 1 is 1.17 bits per heavy atom. The zero-order chi connectivity index (χ0) is 7.71. The maximum Gasteiger partial charge on any atom is 0.129 e. The Morgan fingerprint density at radius 3 is 3.00 bits per heavy atom. The van der Waals surface area contributed by atoms with Gasteiger partial charge in [-0.1, -0.05) is 6.07 Å². The number of fused-ring (bicyclic) bond motifs is 6. The quantitative estimate of drug-likeness (QED) is 0.532. The zero-order valence-corrected chi connectivity index (χ0v) is 6.31. The lowest BCUT2D eigenvalue weighted by molar-refractivity contribution is 0.303. The first kappa shape index (κ1) is 5.67. The summed E-state index contributed by atoms with van der Waals surface area (Å²) < 4.78 is 11.0. The molecule has 2 aliphatic heterocycles. The molecule has 1 aliphatic carbocycles. The van der Waals surface area contributed by atoms with Gasteiger partial charge in [-0.15, -0.1) is 0 Å². The smallest absolute Gasteiger partial charge is 0.129 e. The number of aromatic nitrogens is 1. The molecular formula is C9H7NO2. The Kier molecular flexibility index (Phi) is 0.736. The fraction of sp³-hybridized carbons (Fsp3) is 0.444. The standard InChI is InChI=1S/C9H7NO2/c1-2-4-5(10-3-1)7-9(12-7)8-6(4)11-8/h1-3,6-9H/t6-,7-,8-,9-/m0/s1. The molecule has 2 fully saturated rings. The highest BCUT2D eigenvalue weighted by atomic mass is 16.7. The number of rotatable bonds is 0. The van der Waals surface area contributed by atoms with Crippen LogP contribution in [0.25, 0.3) is 0 Å². The topological polar surface area (TPSA) is 38.0 Å². The Morgan fingerprint density at radius 2 is 2.00 bits per heavy atom. The average Bonchev–Trinajstić information content (AvgIpc) is 2.98. The zero-order valence-electron chi connectivity index (χ0n) is 6.31. The molecule has 3 heterocycles. The normalized spacial score (nSPS) is 45.7. The third-order valence-electron chi connectivity index (χ3n) is 2.82. The van der Waals surface area contributed by atoms with Crippen molar-refractivity contribution in [1.82, 2.24) is 4.98 Å². The molecule has 0 spiro atoms. The van der Waals surface area contributed by atoms with Crippen molar-refractivity contribution in [2.75, 3.05) is 0 Å². The van der Waals surface area contributed by atoms with Crippen LogP contribution in [-0.4, -0.2) is 17.2 Å². The summed E-state index contributed by atoms with van der Waals surface area (Å²) in [6.45, 7) is 0. The largest absolute Gasteiger partial charge is 0.361 e. The van der Waals surface area contributed by atoms with Crippen LogP contribution >= 0.6 is 0 Å². The number of epoxide rings is 2. The van der Waals surface area contributed by atoms with Crippen molar-refractivity contribution in [1.29, 1.82) is 0 Å². The summed E-state index contributed by atoms with van der Waals surface area (Å²) in [6, 6.07) is 4.05. The van der Waals surface area contributed by atoms with E-state index in [9.17, 15) is 0 Å². The number of pyridine rings is 1. The van der Waals surface area contributed by atoms with Crippen molar-refractivity contribution in [2.45, 2.75) is 24.4 Å². The minimum atomic E-state index is 0.241. The first-order valence-electron chi connectivity index (χ1n) is 4.21. The fourth-order valence-corrected chi connectivity index (χ4v) is 2.13. The molecule has 0 aromatic carbocycles. The summed E-state index contributed by atoms with van der Waals surface area (Å²) in [5.74, 6) is 0. The van der Waals surface area contributed by atoms with Crippen molar-refractivity contribution < 1.29 is 9.47 Å². The lowest BCUT2D eigenvalue weighted by Gasteiger charge is -2.05. The minimum absolute atomic E-state index is 0.241. The van der Waals surface area contributed by atoms with Crippen LogP contribution in [0.4, 0.5) is 0 Å². The molecule has 3 heteroatoms. The van der Waals surface area contributed by atoms with Crippen molar-refractivity contribution in [3.05, 3.63) is 29.6 Å². The van der Waals surface area contributed by atoms with Gasteiger partial charge in [0.05, 0.1) is 5.69 Å². The summed E-state index contributed by atoms with van der Waals surface area (Å²) in [5, 5.41) is 0. The summed E-state index contributed by atoms with van der Waals surface area (Å²) >= 11 is 0. The van der Waals surface area contributed by atoms with Gasteiger partial charge in [-0.25, -0.2) is 0 Å². The molecule has 1 aromatic rings. The Hall–Kier alpha value is -0.930. The van der Waals surface area contributed by atoms with E-state index in [2.05, 4.69) is 11.1 Å². The van der Waals surface area contributed by atoms with Crippen LogP contribution in [-0.2, 0) is 9.47 Å². The van der Waals surface area contributed by atoms with Crippen molar-refractivity contribution >= 4 is 0 Å². The van der Waals surface area contributed by atoms with Crippen LogP contribution in [0.2, 0.25) is 0 Å². The van der Waals surface area contributed by atoms with E-state index in [1.54, 1.807) is 0 Å². The predicted octanol–water partition coefficient (Wildman–Crippen LogP) is 0.975. The molecular weight excluding hydrogens is 154 g/mol. The number of hydrogen-bond acceptors (Lipinski definition) is 3. The van der Waals surface area contributed by atoms with E-state index in [1.165, 1.54) is 5.56 Å². The summed E-state index contributed by atoms with van der Waals surface area (Å²) in [4.78, 5) is 4.31. The minimum Gasteiger partial charge on any atom is -0.361 e. The Labute approximate surface area is 69.3 Å². The summed E-state index contributed by atoms with van der Waals surface area (Å²) in [5.41, 5.74) is 2.34. The second-order valence-corrected chi connectivity index (χ2v) is 3.52. The third kappa shape index (κ3) is 0.509. The van der Waals surface area contributed by atoms with Gasteiger partial charge in [0.25, 0.3) is 0 Å². The van der Waals surface area contributed by atoms with Crippen LogP contribution in [0, 0.1) is 0 Å². The lowest BCUT2D eigenvalue weighted by Crippen LogP contribution is -2.08. The first-order valence-corrected chi connectivity index (χ1v) is 4.21. The van der Waals surface area contributed by atoms with E-state index in [-0.39, 0.29) is 12.2 Å². The Bertz CT molecular complexity index is 330. The molecule has 0 unspecified atom stereocenters. The highest BCUT2D eigenvalue weighted by Gasteiger charge is 2.64. The predicted molar refractivity (Wildman–Crippen MR) is 39.5 cm³/mol. The summed E-state index contributed by atoms with van der Waals surface area (Å²) in [7, 11) is 0. The molecule has 0 saturated carbocycles. The number of hydrogen-bond donors (Lipinski definition) is 0. The van der Waals surface area contributed by atoms with Crippen molar-refractivity contribution in [3.8, 4) is 0 Å². The molecule has 4 rings (SSSR count). The van der Waals surface area contributed by atoms with Gasteiger partial charge < -0.3 is 9.47 Å². The van der Waals surface area contributed by atoms with Crippen LogP contribution in [0.3, 0.4) is 0 Å². The number of nitrogens with zero attached hydrogens (tertiary/aromatic N) is 1. The SMILES string of the molecule is c1cnc2c(c1)[C@@H]1O[C@@H]1[C@H]1O[C@@H]21. The van der Waals surface area contributed by atoms with Gasteiger partial charge in [0.2, 0.25) is 0 Å². The van der Waals surface area contributed by atoms with Gasteiger partial charge in [-0.2, -0.15) is 0 Å². The second kappa shape index (κ2) is 1.56. The monoisotopic (exact) mass is 161 g/mol. The van der Waals surface area contributed by atoms with Crippen LogP contribution in [0.5, 0.6) is 0 Å². The molecule has 0 radical (unpaired) electrons. The van der Waals surface area contributed by atoms with Gasteiger partial charge in [0.1, 0.15) is 24.4 Å². The molecule has 3 aliphatic rings. The fourth-order valence-electron chi connectivity index (χ4n) is 2.13. The van der Waals surface area contributed by atoms with Crippen LogP contribution in [0.1, 0.15) is 23.5 Å². The maximum absolute atomic E-state index is 5.49. The van der Waals surface area contributed by atoms with E-state index in [0.717, 1.165) is 5.69 Å². The van der Waals surface area contributed by atoms with Gasteiger partial charge in [-0.3, -0.25) is 4.98 Å². The maximum atomic E-state index is 5.49. The second-order valence-electron chi connectivity index (χ2n) is 3.52. The molecule has 12 heavy (non-hydrogen) atoms. The van der Waals surface area contributed by atoms with Crippen molar-refractivity contribution in [2.24, 2.45) is 0 Å². The molecule has 0 N–H and O–H groups in total. The third-order valence-corrected chi connectivity index (χ3v) is 2.82. The summed E-state index contributed by atoms with van der Waals surface area (Å²) in [6.07, 6.45) is 3.01. The van der Waals surface area contributed by atoms with Gasteiger partial charge in [-0.05, 0) is 6.07 Å². The lowest BCUT2D eigenvalue weighted by atomic mass is 9.96. The van der Waals surface area contributed by atoms with Gasteiger partial charge >= 0.3 is 0 Å². The molecule has 1 aromatic heterocycles. The molecule has 4 atom stereocenters. The highest BCUT2D eigenvalue weighted by molar-refractivity contribution is 5.37. The van der Waals surface area contributed by atoms with E-state index >= 15 is 0 Å². The average molecular weight is 161 g/mol.